The van der Waals surface area contributed by atoms with Crippen LogP contribution in [0.3, 0.4) is 0 Å². The lowest BCUT2D eigenvalue weighted by Crippen LogP contribution is -2.14. The van der Waals surface area contributed by atoms with Crippen LogP contribution in [0.1, 0.15) is 10.4 Å². The SMILES string of the molecule is COCCNc1nc2cc(F)c(F)cc2n2c(NC(=O)c3ccccc3)cnc12. The first-order valence-electron chi connectivity index (χ1n) is 8.84. The number of amides is 1. The highest BCUT2D eigenvalue weighted by Crippen LogP contribution is 2.27. The normalized spacial score (nSPS) is 11.1. The largest absolute Gasteiger partial charge is 0.383 e. The van der Waals surface area contributed by atoms with Crippen LogP contribution in [0.2, 0.25) is 0 Å². The first-order valence-corrected chi connectivity index (χ1v) is 8.84. The van der Waals surface area contributed by atoms with Crippen molar-refractivity contribution in [3.05, 3.63) is 65.9 Å². The fourth-order valence-electron chi connectivity index (χ4n) is 2.98. The number of anilines is 2. The molecular weight excluding hydrogens is 380 g/mol. The van der Waals surface area contributed by atoms with Gasteiger partial charge in [-0.1, -0.05) is 18.2 Å². The van der Waals surface area contributed by atoms with Crippen LogP contribution in [0, 0.1) is 11.6 Å². The molecule has 0 saturated heterocycles. The number of hydrogen-bond donors (Lipinski definition) is 2. The number of benzene rings is 2. The number of nitrogens with zero attached hydrogens (tertiary/aromatic N) is 3. The van der Waals surface area contributed by atoms with Gasteiger partial charge in [-0.3, -0.25) is 9.20 Å². The Labute approximate surface area is 164 Å². The van der Waals surface area contributed by atoms with Gasteiger partial charge in [-0.15, -0.1) is 0 Å². The van der Waals surface area contributed by atoms with Gasteiger partial charge < -0.3 is 15.4 Å². The number of halogens is 2. The average Bonchev–Trinajstić information content (AvgIpc) is 3.14. The molecule has 4 aromatic rings. The molecular formula is C20H17F2N5O2. The molecule has 0 bridgehead atoms. The van der Waals surface area contributed by atoms with Gasteiger partial charge in [-0.2, -0.15) is 0 Å². The Balaban J connectivity index is 1.85. The molecule has 148 valence electrons. The van der Waals surface area contributed by atoms with Crippen molar-refractivity contribution in [3.63, 3.8) is 0 Å². The van der Waals surface area contributed by atoms with Gasteiger partial charge in [-0.25, -0.2) is 18.7 Å². The summed E-state index contributed by atoms with van der Waals surface area (Å²) in [5.74, 6) is -1.71. The van der Waals surface area contributed by atoms with Crippen LogP contribution in [-0.4, -0.2) is 40.5 Å². The Kier molecular flexibility index (Phi) is 5.05. The Hall–Kier alpha value is -3.59. The molecule has 7 nitrogen and oxygen atoms in total. The van der Waals surface area contributed by atoms with E-state index in [-0.39, 0.29) is 16.9 Å². The van der Waals surface area contributed by atoms with E-state index in [9.17, 15) is 13.6 Å². The minimum atomic E-state index is -1.02. The second-order valence-electron chi connectivity index (χ2n) is 6.26. The molecule has 0 aliphatic rings. The lowest BCUT2D eigenvalue weighted by atomic mass is 10.2. The van der Waals surface area contributed by atoms with E-state index in [0.29, 0.717) is 36.0 Å². The number of ether oxygens (including phenoxy) is 1. The lowest BCUT2D eigenvalue weighted by Gasteiger charge is -2.12. The van der Waals surface area contributed by atoms with Crippen LogP contribution < -0.4 is 10.6 Å². The molecule has 4 rings (SSSR count). The zero-order valence-electron chi connectivity index (χ0n) is 15.4. The van der Waals surface area contributed by atoms with Crippen molar-refractivity contribution in [1.82, 2.24) is 14.4 Å². The van der Waals surface area contributed by atoms with E-state index < -0.39 is 11.6 Å². The van der Waals surface area contributed by atoms with Gasteiger partial charge >= 0.3 is 0 Å². The van der Waals surface area contributed by atoms with Gasteiger partial charge in [0.15, 0.2) is 23.1 Å². The fraction of sp³-hybridized carbons (Fsp3) is 0.150. The van der Waals surface area contributed by atoms with Crippen molar-refractivity contribution in [1.29, 1.82) is 0 Å². The molecule has 0 fully saturated rings. The summed E-state index contributed by atoms with van der Waals surface area (Å²) in [6.45, 7) is 0.856. The van der Waals surface area contributed by atoms with Gasteiger partial charge in [0, 0.05) is 31.4 Å². The van der Waals surface area contributed by atoms with E-state index in [1.807, 2.05) is 0 Å². The Morgan fingerprint density at radius 3 is 2.69 bits per heavy atom. The van der Waals surface area contributed by atoms with Crippen molar-refractivity contribution in [2.24, 2.45) is 0 Å². The maximum Gasteiger partial charge on any atom is 0.256 e. The monoisotopic (exact) mass is 397 g/mol. The Morgan fingerprint density at radius 1 is 1.17 bits per heavy atom. The highest BCUT2D eigenvalue weighted by molar-refractivity contribution is 6.04. The van der Waals surface area contributed by atoms with Crippen molar-refractivity contribution in [2.75, 3.05) is 30.9 Å². The predicted molar refractivity (Wildman–Crippen MR) is 105 cm³/mol. The van der Waals surface area contributed by atoms with E-state index in [1.54, 1.807) is 37.4 Å². The highest BCUT2D eigenvalue weighted by atomic mass is 19.2. The zero-order valence-corrected chi connectivity index (χ0v) is 15.4. The second kappa shape index (κ2) is 7.80. The van der Waals surface area contributed by atoms with E-state index in [4.69, 9.17) is 4.74 Å². The van der Waals surface area contributed by atoms with E-state index in [2.05, 4.69) is 20.6 Å². The number of imidazole rings is 1. The smallest absolute Gasteiger partial charge is 0.256 e. The summed E-state index contributed by atoms with van der Waals surface area (Å²) in [5, 5.41) is 5.83. The molecule has 0 unspecified atom stereocenters. The first kappa shape index (κ1) is 18.8. The van der Waals surface area contributed by atoms with Crippen LogP contribution in [0.4, 0.5) is 20.4 Å². The van der Waals surface area contributed by atoms with Gasteiger partial charge in [-0.05, 0) is 12.1 Å². The van der Waals surface area contributed by atoms with Crippen molar-refractivity contribution >= 4 is 34.2 Å². The van der Waals surface area contributed by atoms with Gasteiger partial charge in [0.25, 0.3) is 5.91 Å². The number of carbonyl (C=O) groups is 1. The average molecular weight is 397 g/mol. The number of carbonyl (C=O) groups excluding carboxylic acids is 1. The molecule has 0 atom stereocenters. The van der Waals surface area contributed by atoms with Crippen LogP contribution in [0.25, 0.3) is 16.7 Å². The molecule has 0 spiro atoms. The van der Waals surface area contributed by atoms with E-state index in [0.717, 1.165) is 12.1 Å². The number of aromatic nitrogens is 3. The molecule has 2 aromatic heterocycles. The standard InChI is InChI=1S/C20H17F2N5O2/c1-29-8-7-23-18-19-24-11-17(26-20(28)12-5-3-2-4-6-12)27(19)16-10-14(22)13(21)9-15(16)25-18/h2-6,9-11H,7-8H2,1H3,(H,23,25)(H,26,28). The predicted octanol–water partition coefficient (Wildman–Crippen LogP) is 3.47. The third-order valence-electron chi connectivity index (χ3n) is 4.34. The number of rotatable bonds is 6. The van der Waals surface area contributed by atoms with Crippen LogP contribution >= 0.6 is 0 Å². The third kappa shape index (κ3) is 3.59. The minimum absolute atomic E-state index is 0.213. The summed E-state index contributed by atoms with van der Waals surface area (Å²) < 4.78 is 34.3. The van der Waals surface area contributed by atoms with Gasteiger partial charge in [0.1, 0.15) is 5.82 Å². The zero-order chi connectivity index (χ0) is 20.4. The first-order chi connectivity index (χ1) is 14.1. The van der Waals surface area contributed by atoms with Crippen molar-refractivity contribution < 1.29 is 18.3 Å². The Morgan fingerprint density at radius 2 is 1.93 bits per heavy atom. The van der Waals surface area contributed by atoms with Gasteiger partial charge in [0.2, 0.25) is 0 Å². The summed E-state index contributed by atoms with van der Waals surface area (Å²) in [4.78, 5) is 21.2. The molecule has 0 aliphatic carbocycles. The maximum atomic E-state index is 13.9. The maximum absolute atomic E-state index is 13.9. The van der Waals surface area contributed by atoms with Crippen LogP contribution in [-0.2, 0) is 4.74 Å². The topological polar surface area (TPSA) is 80.5 Å². The van der Waals surface area contributed by atoms with Crippen molar-refractivity contribution in [3.8, 4) is 0 Å². The molecule has 1 amide bonds. The molecule has 2 heterocycles. The number of fused-ring (bicyclic) bond motifs is 3. The summed E-state index contributed by atoms with van der Waals surface area (Å²) in [7, 11) is 1.57. The third-order valence-corrected chi connectivity index (χ3v) is 4.34. The van der Waals surface area contributed by atoms with Crippen LogP contribution in [0.5, 0.6) is 0 Å². The van der Waals surface area contributed by atoms with Gasteiger partial charge in [0.05, 0.1) is 23.8 Å². The summed E-state index contributed by atoms with van der Waals surface area (Å²) in [6.07, 6.45) is 1.44. The molecule has 2 N–H and O–H groups in total. The lowest BCUT2D eigenvalue weighted by molar-refractivity contribution is 0.102. The molecule has 29 heavy (non-hydrogen) atoms. The molecule has 2 aromatic carbocycles. The summed E-state index contributed by atoms with van der Waals surface area (Å²) in [6, 6.07) is 10.7. The number of methoxy groups -OCH3 is 1. The minimum Gasteiger partial charge on any atom is -0.383 e. The number of nitrogens with one attached hydrogen (secondary N) is 2. The summed E-state index contributed by atoms with van der Waals surface area (Å²) in [5.41, 5.74) is 1.31. The van der Waals surface area contributed by atoms with Crippen molar-refractivity contribution in [2.45, 2.75) is 0 Å². The van der Waals surface area contributed by atoms with Crippen LogP contribution in [0.15, 0.2) is 48.7 Å². The second-order valence-corrected chi connectivity index (χ2v) is 6.26. The number of hydrogen-bond acceptors (Lipinski definition) is 5. The van der Waals surface area contributed by atoms with E-state index >= 15 is 0 Å². The highest BCUT2D eigenvalue weighted by Gasteiger charge is 2.17. The molecule has 0 aliphatic heterocycles. The van der Waals surface area contributed by atoms with E-state index in [1.165, 1.54) is 10.6 Å². The molecule has 9 heteroatoms. The Bertz CT molecular complexity index is 1190. The fourth-order valence-corrected chi connectivity index (χ4v) is 2.98. The quantitative estimate of drug-likeness (QED) is 0.487. The molecule has 0 saturated carbocycles. The molecule has 0 radical (unpaired) electrons. The summed E-state index contributed by atoms with van der Waals surface area (Å²) >= 11 is 0.